The maximum absolute atomic E-state index is 6.10. The second kappa shape index (κ2) is 4.55. The summed E-state index contributed by atoms with van der Waals surface area (Å²) in [5, 5.41) is 0. The van der Waals surface area contributed by atoms with Gasteiger partial charge in [0, 0.05) is 11.6 Å². The lowest BCUT2D eigenvalue weighted by Gasteiger charge is -2.38. The highest BCUT2D eigenvalue weighted by molar-refractivity contribution is 5.05. The van der Waals surface area contributed by atoms with Gasteiger partial charge in [-0.1, -0.05) is 13.8 Å². The SMILES string of the molecule is CC(C)[C@@H]1CC[C@]2(COC(C)(C)C)CCCN12. The van der Waals surface area contributed by atoms with Crippen LogP contribution >= 0.6 is 0 Å². The average molecular weight is 239 g/mol. The molecule has 0 aromatic heterocycles. The standard InChI is InChI=1S/C15H29NO/c1-12(2)13-7-9-15(8-6-10-16(13)15)11-17-14(3,4)5/h12-13H,6-11H2,1-5H3/t13-,15-/m0/s1. The highest BCUT2D eigenvalue weighted by Crippen LogP contribution is 2.44. The molecule has 2 atom stereocenters. The Hall–Kier alpha value is -0.0800. The molecule has 0 unspecified atom stereocenters. The Morgan fingerprint density at radius 1 is 1.29 bits per heavy atom. The van der Waals surface area contributed by atoms with Crippen molar-refractivity contribution < 1.29 is 4.74 Å². The zero-order chi connectivity index (χ0) is 12.7. The molecule has 0 bridgehead atoms. The van der Waals surface area contributed by atoms with Crippen LogP contribution in [0.5, 0.6) is 0 Å². The van der Waals surface area contributed by atoms with Crippen LogP contribution in [0.15, 0.2) is 0 Å². The molecule has 0 aromatic carbocycles. The fourth-order valence-corrected chi connectivity index (χ4v) is 3.59. The van der Waals surface area contributed by atoms with Gasteiger partial charge in [-0.25, -0.2) is 0 Å². The van der Waals surface area contributed by atoms with E-state index in [2.05, 4.69) is 39.5 Å². The smallest absolute Gasteiger partial charge is 0.0657 e. The molecule has 0 saturated carbocycles. The summed E-state index contributed by atoms with van der Waals surface area (Å²) in [4.78, 5) is 2.77. The van der Waals surface area contributed by atoms with Crippen LogP contribution in [0.2, 0.25) is 0 Å². The molecule has 0 radical (unpaired) electrons. The van der Waals surface area contributed by atoms with E-state index in [1.165, 1.54) is 32.2 Å². The molecule has 2 rings (SSSR count). The summed E-state index contributed by atoms with van der Waals surface area (Å²) in [5.41, 5.74) is 0.376. The van der Waals surface area contributed by atoms with Crippen LogP contribution in [0.3, 0.4) is 0 Å². The van der Waals surface area contributed by atoms with Crippen molar-refractivity contribution in [2.75, 3.05) is 13.2 Å². The van der Waals surface area contributed by atoms with Gasteiger partial charge in [0.25, 0.3) is 0 Å². The quantitative estimate of drug-likeness (QED) is 0.748. The largest absolute Gasteiger partial charge is 0.374 e. The van der Waals surface area contributed by atoms with Crippen molar-refractivity contribution in [1.82, 2.24) is 4.90 Å². The predicted molar refractivity (Wildman–Crippen MR) is 72.2 cm³/mol. The van der Waals surface area contributed by atoms with Crippen molar-refractivity contribution >= 4 is 0 Å². The summed E-state index contributed by atoms with van der Waals surface area (Å²) in [5.74, 6) is 0.782. The maximum atomic E-state index is 6.10. The van der Waals surface area contributed by atoms with E-state index in [0.717, 1.165) is 18.6 Å². The van der Waals surface area contributed by atoms with Crippen LogP contribution in [0.4, 0.5) is 0 Å². The molecule has 100 valence electrons. The minimum Gasteiger partial charge on any atom is -0.374 e. The van der Waals surface area contributed by atoms with Crippen molar-refractivity contribution in [2.45, 2.75) is 77.5 Å². The van der Waals surface area contributed by atoms with Crippen molar-refractivity contribution in [3.8, 4) is 0 Å². The molecule has 17 heavy (non-hydrogen) atoms. The Morgan fingerprint density at radius 2 is 2.00 bits per heavy atom. The monoisotopic (exact) mass is 239 g/mol. The number of hydrogen-bond acceptors (Lipinski definition) is 2. The van der Waals surface area contributed by atoms with Crippen LogP contribution in [0, 0.1) is 5.92 Å². The van der Waals surface area contributed by atoms with E-state index >= 15 is 0 Å². The summed E-state index contributed by atoms with van der Waals surface area (Å²) in [6.45, 7) is 13.4. The van der Waals surface area contributed by atoms with Crippen LogP contribution in [-0.4, -0.2) is 35.2 Å². The number of fused-ring (bicyclic) bond motifs is 1. The van der Waals surface area contributed by atoms with Gasteiger partial charge in [-0.2, -0.15) is 0 Å². The van der Waals surface area contributed by atoms with Crippen molar-refractivity contribution in [1.29, 1.82) is 0 Å². The summed E-state index contributed by atoms with van der Waals surface area (Å²) in [6.07, 6.45) is 5.40. The maximum Gasteiger partial charge on any atom is 0.0657 e. The molecule has 2 heterocycles. The summed E-state index contributed by atoms with van der Waals surface area (Å²) in [7, 11) is 0. The lowest BCUT2D eigenvalue weighted by atomic mass is 9.94. The third kappa shape index (κ3) is 2.68. The van der Waals surface area contributed by atoms with E-state index < -0.39 is 0 Å². The van der Waals surface area contributed by atoms with Gasteiger partial charge in [0.2, 0.25) is 0 Å². The molecule has 2 heteroatoms. The third-order valence-corrected chi connectivity index (χ3v) is 4.50. The zero-order valence-electron chi connectivity index (χ0n) is 12.3. The summed E-state index contributed by atoms with van der Waals surface area (Å²) < 4.78 is 6.10. The Bertz CT molecular complexity index is 269. The van der Waals surface area contributed by atoms with Gasteiger partial charge in [0.05, 0.1) is 12.2 Å². The molecule has 0 N–H and O–H groups in total. The topological polar surface area (TPSA) is 12.5 Å². The predicted octanol–water partition coefficient (Wildman–Crippen LogP) is 3.45. The molecule has 2 aliphatic rings. The van der Waals surface area contributed by atoms with Crippen LogP contribution in [0.1, 0.15) is 60.3 Å². The molecule has 2 fully saturated rings. The molecule has 0 amide bonds. The van der Waals surface area contributed by atoms with Gasteiger partial charge >= 0.3 is 0 Å². The first-order chi connectivity index (χ1) is 7.84. The third-order valence-electron chi connectivity index (χ3n) is 4.50. The molecule has 0 aliphatic carbocycles. The van der Waals surface area contributed by atoms with E-state index in [1.807, 2.05) is 0 Å². The molecule has 0 aromatic rings. The fraction of sp³-hybridized carbons (Fsp3) is 1.00. The van der Waals surface area contributed by atoms with Gasteiger partial charge in [-0.15, -0.1) is 0 Å². The normalized spacial score (nSPS) is 34.6. The Balaban J connectivity index is 2.04. The Kier molecular flexibility index (Phi) is 3.57. The Labute approximate surface area is 107 Å². The number of hydrogen-bond donors (Lipinski definition) is 0. The molecule has 2 saturated heterocycles. The van der Waals surface area contributed by atoms with Crippen molar-refractivity contribution in [2.24, 2.45) is 5.92 Å². The summed E-state index contributed by atoms with van der Waals surface area (Å²) >= 11 is 0. The number of nitrogens with zero attached hydrogens (tertiary/aromatic N) is 1. The minimum atomic E-state index is -0.00106. The second-order valence-electron chi connectivity index (χ2n) is 7.27. The Morgan fingerprint density at radius 3 is 2.59 bits per heavy atom. The van der Waals surface area contributed by atoms with Gasteiger partial charge in [-0.05, 0) is 58.9 Å². The first-order valence-electron chi connectivity index (χ1n) is 7.25. The van der Waals surface area contributed by atoms with Gasteiger partial charge in [-0.3, -0.25) is 4.90 Å². The van der Waals surface area contributed by atoms with Crippen molar-refractivity contribution in [3.63, 3.8) is 0 Å². The number of ether oxygens (including phenoxy) is 1. The highest BCUT2D eigenvalue weighted by Gasteiger charge is 2.50. The lowest BCUT2D eigenvalue weighted by molar-refractivity contribution is -0.0586. The average Bonchev–Trinajstić information content (AvgIpc) is 2.70. The van der Waals surface area contributed by atoms with Crippen LogP contribution in [0.25, 0.3) is 0 Å². The lowest BCUT2D eigenvalue weighted by Crippen LogP contribution is -2.48. The zero-order valence-corrected chi connectivity index (χ0v) is 12.3. The van der Waals surface area contributed by atoms with E-state index in [0.29, 0.717) is 5.54 Å². The van der Waals surface area contributed by atoms with E-state index in [9.17, 15) is 0 Å². The molecule has 2 nitrogen and oxygen atoms in total. The second-order valence-corrected chi connectivity index (χ2v) is 7.27. The molecular weight excluding hydrogens is 210 g/mol. The van der Waals surface area contributed by atoms with Crippen LogP contribution in [-0.2, 0) is 4.74 Å². The first kappa shape index (κ1) is 13.4. The van der Waals surface area contributed by atoms with Crippen LogP contribution < -0.4 is 0 Å². The summed E-state index contributed by atoms with van der Waals surface area (Å²) in [6, 6.07) is 0.793. The molecule has 2 aliphatic heterocycles. The highest BCUT2D eigenvalue weighted by atomic mass is 16.5. The minimum absolute atomic E-state index is 0.00106. The van der Waals surface area contributed by atoms with E-state index in [4.69, 9.17) is 4.74 Å². The van der Waals surface area contributed by atoms with E-state index in [-0.39, 0.29) is 5.60 Å². The number of rotatable bonds is 3. The molecular formula is C15H29NO. The fourth-order valence-electron chi connectivity index (χ4n) is 3.59. The van der Waals surface area contributed by atoms with Gasteiger partial charge in [0.1, 0.15) is 0 Å². The first-order valence-corrected chi connectivity index (χ1v) is 7.25. The van der Waals surface area contributed by atoms with E-state index in [1.54, 1.807) is 0 Å². The molecule has 0 spiro atoms. The van der Waals surface area contributed by atoms with Gasteiger partial charge < -0.3 is 4.74 Å². The van der Waals surface area contributed by atoms with Crippen molar-refractivity contribution in [3.05, 3.63) is 0 Å². The van der Waals surface area contributed by atoms with Gasteiger partial charge in [0.15, 0.2) is 0 Å².